The van der Waals surface area contributed by atoms with Crippen LogP contribution in [0, 0.1) is 0 Å². The maximum absolute atomic E-state index is 10.2. The monoisotopic (exact) mass is 925 g/mol. The molecule has 0 aliphatic heterocycles. The van der Waals surface area contributed by atoms with Crippen molar-refractivity contribution < 1.29 is 45.0 Å². The van der Waals surface area contributed by atoms with Gasteiger partial charge < -0.3 is 45.0 Å². The number of carbonyl (C=O) groups excluding carboxylic acids is 3. The van der Waals surface area contributed by atoms with Gasteiger partial charge in [-0.1, -0.05) is 233 Å². The van der Waals surface area contributed by atoms with Crippen LogP contribution in [0.25, 0.3) is 0 Å². The number of carboxylic acid groups (broad SMARTS) is 3. The minimum Gasteiger partial charge on any atom is -0.550 e. The molecule has 9 nitrogen and oxygen atoms in total. The topological polar surface area (TPSA) is 181 Å². The number of aliphatic hydroxyl groups excluding tert-OH is 3. The van der Waals surface area contributed by atoms with Crippen molar-refractivity contribution in [1.29, 1.82) is 0 Å². The van der Waals surface area contributed by atoms with Gasteiger partial charge in [0, 0.05) is 17.9 Å². The van der Waals surface area contributed by atoms with Gasteiger partial charge in [-0.25, -0.2) is 0 Å². The molecule has 0 aliphatic carbocycles. The van der Waals surface area contributed by atoms with Crippen molar-refractivity contribution in [3.05, 3.63) is 0 Å². The fourth-order valence-corrected chi connectivity index (χ4v) is 8.01. The predicted octanol–water partition coefficient (Wildman–Crippen LogP) is 11.5. The van der Waals surface area contributed by atoms with Crippen LogP contribution in [0.3, 0.4) is 0 Å². The Morgan fingerprint density at radius 2 is 0.422 bits per heavy atom. The van der Waals surface area contributed by atoms with Crippen molar-refractivity contribution in [3.63, 3.8) is 0 Å². The third-order valence-electron chi connectivity index (χ3n) is 12.2. The van der Waals surface area contributed by atoms with E-state index in [4.69, 9.17) is 0 Å². The Morgan fingerprint density at radius 3 is 0.578 bits per heavy atom. The number of aliphatic hydroxyl groups is 3. The summed E-state index contributed by atoms with van der Waals surface area (Å²) in [6.07, 6.45) is 48.2. The Bertz CT molecular complexity index is 807. The van der Waals surface area contributed by atoms with Crippen LogP contribution in [-0.4, -0.2) is 68.9 Å². The van der Waals surface area contributed by atoms with E-state index in [9.17, 15) is 45.0 Å². The van der Waals surface area contributed by atoms with E-state index in [2.05, 4.69) is 20.8 Å². The molecule has 0 rings (SSSR count). The van der Waals surface area contributed by atoms with Gasteiger partial charge in [-0.2, -0.15) is 0 Å². The number of carboxylic acids is 3. The average Bonchev–Trinajstić information content (AvgIpc) is 3.24. The molecular formula is C54H105AlO9. The van der Waals surface area contributed by atoms with Gasteiger partial charge >= 0.3 is 17.4 Å². The summed E-state index contributed by atoms with van der Waals surface area (Å²) in [7, 11) is 0. The Kier molecular flexibility index (Phi) is 64.9. The largest absolute Gasteiger partial charge is 3.00 e. The molecule has 64 heavy (non-hydrogen) atoms. The van der Waals surface area contributed by atoms with Crippen molar-refractivity contribution in [2.24, 2.45) is 0 Å². The molecule has 0 fully saturated rings. The molecule has 0 aromatic carbocycles. The first-order chi connectivity index (χ1) is 30.5. The number of hydrogen-bond donors (Lipinski definition) is 3. The second kappa shape index (κ2) is 59.8. The molecule has 10 heteroatoms. The van der Waals surface area contributed by atoms with Gasteiger partial charge in [0.25, 0.3) is 0 Å². The first-order valence-electron chi connectivity index (χ1n) is 27.1. The van der Waals surface area contributed by atoms with E-state index in [1.807, 2.05) is 0 Å². The van der Waals surface area contributed by atoms with Crippen LogP contribution >= 0.6 is 0 Å². The molecule has 0 saturated heterocycles. The summed E-state index contributed by atoms with van der Waals surface area (Å²) in [4.78, 5) is 30.7. The fourth-order valence-electron chi connectivity index (χ4n) is 8.01. The normalized spacial score (nSPS) is 12.3. The first-order valence-corrected chi connectivity index (χ1v) is 27.1. The Hall–Kier alpha value is -1.18. The number of aliphatic carboxylic acids is 3. The summed E-state index contributed by atoms with van der Waals surface area (Å²) < 4.78 is 0. The summed E-state index contributed by atoms with van der Waals surface area (Å²) in [5, 5.41) is 59.8. The van der Waals surface area contributed by atoms with Crippen molar-refractivity contribution in [2.75, 3.05) is 0 Å². The van der Waals surface area contributed by atoms with E-state index in [-0.39, 0.29) is 54.9 Å². The zero-order valence-electron chi connectivity index (χ0n) is 42.4. The number of rotatable bonds is 48. The van der Waals surface area contributed by atoms with E-state index >= 15 is 0 Å². The molecule has 0 radical (unpaired) electrons. The molecule has 0 aromatic heterocycles. The number of hydrogen-bond acceptors (Lipinski definition) is 9. The zero-order chi connectivity index (χ0) is 47.3. The van der Waals surface area contributed by atoms with Gasteiger partial charge in [-0.3, -0.25) is 0 Å². The van der Waals surface area contributed by atoms with E-state index in [1.54, 1.807) is 0 Å². The van der Waals surface area contributed by atoms with Gasteiger partial charge in [0.15, 0.2) is 0 Å². The second-order valence-corrected chi connectivity index (χ2v) is 18.7. The maximum Gasteiger partial charge on any atom is 3.00 e. The molecular weight excluding hydrogens is 820 g/mol. The third-order valence-corrected chi connectivity index (χ3v) is 12.2. The Balaban J connectivity index is -0.000000419. The van der Waals surface area contributed by atoms with E-state index in [0.29, 0.717) is 38.5 Å². The number of unbranched alkanes of at least 4 members (excludes halogenated alkanes) is 30. The second-order valence-electron chi connectivity index (χ2n) is 18.7. The predicted molar refractivity (Wildman–Crippen MR) is 264 cm³/mol. The van der Waals surface area contributed by atoms with Gasteiger partial charge in [-0.15, -0.1) is 0 Å². The molecule has 0 aliphatic rings. The minimum atomic E-state index is -1.02. The van der Waals surface area contributed by atoms with Crippen LogP contribution in [-0.2, 0) is 14.4 Å². The van der Waals surface area contributed by atoms with Gasteiger partial charge in [0.1, 0.15) is 0 Å². The van der Waals surface area contributed by atoms with Gasteiger partial charge in [0.2, 0.25) is 0 Å². The van der Waals surface area contributed by atoms with Crippen LogP contribution in [0.1, 0.15) is 310 Å². The Morgan fingerprint density at radius 1 is 0.281 bits per heavy atom. The Labute approximate surface area is 406 Å². The molecule has 378 valence electrons. The molecule has 0 amide bonds. The summed E-state index contributed by atoms with van der Waals surface area (Å²) >= 11 is 0. The quantitative estimate of drug-likeness (QED) is 0.0395. The van der Waals surface area contributed by atoms with Crippen molar-refractivity contribution in [1.82, 2.24) is 0 Å². The molecule has 3 unspecified atom stereocenters. The van der Waals surface area contributed by atoms with E-state index in [0.717, 1.165) is 38.5 Å². The van der Waals surface area contributed by atoms with Gasteiger partial charge in [0.05, 0.1) is 18.3 Å². The SMILES string of the molecule is CCCCCCCCCCCCCC(O)CCCC(=O)[O-].CCCCCCCCCCCCCC(O)CCCC(=O)[O-].CCCCCCCCCCCCCC(O)CCCC(=O)[O-].[Al+3]. The molecule has 0 aromatic rings. The van der Waals surface area contributed by atoms with E-state index < -0.39 is 17.9 Å². The molecule has 3 atom stereocenters. The molecule has 0 spiro atoms. The molecule has 0 saturated carbocycles. The van der Waals surface area contributed by atoms with Crippen LogP contribution in [0.4, 0.5) is 0 Å². The summed E-state index contributed by atoms with van der Waals surface area (Å²) in [6.45, 7) is 6.75. The van der Waals surface area contributed by atoms with Crippen LogP contribution < -0.4 is 15.3 Å². The smallest absolute Gasteiger partial charge is 0.550 e. The number of carbonyl (C=O) groups is 3. The van der Waals surface area contributed by atoms with Crippen LogP contribution in [0.2, 0.25) is 0 Å². The molecule has 0 heterocycles. The summed E-state index contributed by atoms with van der Waals surface area (Å²) in [5.41, 5.74) is 0. The van der Waals surface area contributed by atoms with Crippen molar-refractivity contribution >= 4 is 35.3 Å². The average molecular weight is 925 g/mol. The fraction of sp³-hybridized carbons (Fsp3) is 0.944. The zero-order valence-corrected chi connectivity index (χ0v) is 43.6. The minimum absolute atomic E-state index is 0. The van der Waals surface area contributed by atoms with Gasteiger partial charge in [-0.05, 0) is 77.0 Å². The van der Waals surface area contributed by atoms with Crippen molar-refractivity contribution in [3.8, 4) is 0 Å². The molecule has 3 N–H and O–H groups in total. The first kappa shape index (κ1) is 69.4. The third kappa shape index (κ3) is 69.9. The standard InChI is InChI=1S/3C18H36O3.Al/c3*1-2-3-4-5-6-7-8-9-10-11-12-14-17(19)15-13-16-18(20)21;/h3*17,19H,2-16H2,1H3,(H,20,21);/q;;;+3/p-3. The molecule has 0 bridgehead atoms. The summed E-state index contributed by atoms with van der Waals surface area (Å²) in [5.74, 6) is -3.05. The maximum atomic E-state index is 10.2. The summed E-state index contributed by atoms with van der Waals surface area (Å²) in [6, 6.07) is 0. The van der Waals surface area contributed by atoms with Crippen LogP contribution in [0.15, 0.2) is 0 Å². The van der Waals surface area contributed by atoms with E-state index in [1.165, 1.54) is 193 Å². The van der Waals surface area contributed by atoms with Crippen LogP contribution in [0.5, 0.6) is 0 Å². The van der Waals surface area contributed by atoms with Crippen molar-refractivity contribution in [2.45, 2.75) is 328 Å².